The van der Waals surface area contributed by atoms with E-state index in [4.69, 9.17) is 10.00 Å². The van der Waals surface area contributed by atoms with Crippen molar-refractivity contribution in [2.24, 2.45) is 0 Å². The Morgan fingerprint density at radius 2 is 2.17 bits per heavy atom. The molecule has 0 aliphatic rings. The molecule has 0 aromatic heterocycles. The first-order valence-corrected chi connectivity index (χ1v) is 8.61. The van der Waals surface area contributed by atoms with Gasteiger partial charge in [-0.15, -0.1) is 0 Å². The predicted octanol–water partition coefficient (Wildman–Crippen LogP) is 1.71. The lowest BCUT2D eigenvalue weighted by Crippen LogP contribution is -2.07. The minimum Gasteiger partial charge on any atom is -0.493 e. The van der Waals surface area contributed by atoms with Gasteiger partial charge >= 0.3 is 0 Å². The lowest BCUT2D eigenvalue weighted by molar-refractivity contribution is 0.344. The third-order valence-electron chi connectivity index (χ3n) is 2.06. The van der Waals surface area contributed by atoms with Crippen LogP contribution in [0.2, 0.25) is 0 Å². The molecule has 0 atom stereocenters. The van der Waals surface area contributed by atoms with Crippen LogP contribution in [-0.2, 0) is 9.84 Å². The van der Waals surface area contributed by atoms with Gasteiger partial charge in [0.15, 0.2) is 0 Å². The van der Waals surface area contributed by atoms with E-state index in [2.05, 4.69) is 0 Å². The Kier molecular flexibility index (Phi) is 6.02. The maximum absolute atomic E-state index is 10.9. The molecule has 1 aromatic carbocycles. The Hall–Kier alpha value is -1.19. The van der Waals surface area contributed by atoms with E-state index in [1.54, 1.807) is 36.0 Å². The van der Waals surface area contributed by atoms with Crippen molar-refractivity contribution in [3.8, 4) is 11.8 Å². The van der Waals surface area contributed by atoms with Crippen molar-refractivity contribution in [3.63, 3.8) is 0 Å². The summed E-state index contributed by atoms with van der Waals surface area (Å²) in [6, 6.07) is 9.00. The Balaban J connectivity index is 2.20. The van der Waals surface area contributed by atoms with E-state index in [1.807, 2.05) is 6.07 Å². The highest BCUT2D eigenvalue weighted by Gasteiger charge is 2.01. The fourth-order valence-electron chi connectivity index (χ4n) is 1.19. The van der Waals surface area contributed by atoms with Crippen molar-refractivity contribution in [2.75, 3.05) is 30.1 Å². The van der Waals surface area contributed by atoms with Crippen molar-refractivity contribution in [1.29, 1.82) is 5.26 Å². The predicted molar refractivity (Wildman–Crippen MR) is 73.7 cm³/mol. The number of nitrogens with zero attached hydrogens (tertiary/aromatic N) is 1. The molecule has 4 nitrogen and oxygen atoms in total. The minimum atomic E-state index is -2.87. The van der Waals surface area contributed by atoms with Gasteiger partial charge < -0.3 is 4.74 Å². The fraction of sp³-hybridized carbons (Fsp3) is 0.417. The van der Waals surface area contributed by atoms with Crippen LogP contribution in [0.4, 0.5) is 0 Å². The van der Waals surface area contributed by atoms with Crippen molar-refractivity contribution in [2.45, 2.75) is 0 Å². The van der Waals surface area contributed by atoms with Gasteiger partial charge in [0, 0.05) is 17.8 Å². The second-order valence-corrected chi connectivity index (χ2v) is 7.21. The summed E-state index contributed by atoms with van der Waals surface area (Å²) in [5, 5.41) is 8.71. The van der Waals surface area contributed by atoms with Crippen LogP contribution in [-0.4, -0.2) is 38.5 Å². The van der Waals surface area contributed by atoms with Gasteiger partial charge in [0.2, 0.25) is 0 Å². The molecule has 6 heteroatoms. The molecule has 98 valence electrons. The van der Waals surface area contributed by atoms with Crippen LogP contribution in [0.5, 0.6) is 5.75 Å². The van der Waals surface area contributed by atoms with Crippen LogP contribution in [0.25, 0.3) is 0 Å². The van der Waals surface area contributed by atoms with E-state index in [-0.39, 0.29) is 5.75 Å². The Morgan fingerprint density at radius 3 is 2.83 bits per heavy atom. The highest BCUT2D eigenvalue weighted by Crippen LogP contribution is 2.13. The SMILES string of the molecule is CS(=O)(=O)CCSCCOc1cccc(C#N)c1. The van der Waals surface area contributed by atoms with E-state index in [0.717, 1.165) is 5.75 Å². The third-order valence-corrected chi connectivity index (χ3v) is 4.21. The van der Waals surface area contributed by atoms with Gasteiger partial charge in [-0.1, -0.05) is 6.07 Å². The smallest absolute Gasteiger partial charge is 0.148 e. The topological polar surface area (TPSA) is 67.2 Å². The lowest BCUT2D eigenvalue weighted by atomic mass is 10.2. The summed E-state index contributed by atoms with van der Waals surface area (Å²) in [7, 11) is -2.87. The molecule has 0 unspecified atom stereocenters. The summed E-state index contributed by atoms with van der Waals surface area (Å²) in [6.45, 7) is 0.503. The Labute approximate surface area is 112 Å². The number of rotatable bonds is 7. The van der Waals surface area contributed by atoms with Crippen LogP contribution in [0.1, 0.15) is 5.56 Å². The normalized spacial score (nSPS) is 10.9. The van der Waals surface area contributed by atoms with Gasteiger partial charge in [0.25, 0.3) is 0 Å². The van der Waals surface area contributed by atoms with Gasteiger partial charge in [-0.25, -0.2) is 8.42 Å². The number of thioether (sulfide) groups is 1. The molecule has 0 aliphatic carbocycles. The molecule has 0 bridgehead atoms. The van der Waals surface area contributed by atoms with Crippen LogP contribution in [0, 0.1) is 11.3 Å². The summed E-state index contributed by atoms with van der Waals surface area (Å²) in [5.41, 5.74) is 0.567. The van der Waals surface area contributed by atoms with E-state index < -0.39 is 9.84 Å². The summed E-state index contributed by atoms with van der Waals surface area (Å²) in [5.74, 6) is 2.17. The van der Waals surface area contributed by atoms with Crippen molar-refractivity contribution >= 4 is 21.6 Å². The summed E-state index contributed by atoms with van der Waals surface area (Å²) in [4.78, 5) is 0. The number of hydrogen-bond acceptors (Lipinski definition) is 5. The molecule has 0 fully saturated rings. The highest BCUT2D eigenvalue weighted by molar-refractivity contribution is 8.00. The van der Waals surface area contributed by atoms with Gasteiger partial charge in [0.1, 0.15) is 15.6 Å². The fourth-order valence-corrected chi connectivity index (χ4v) is 3.27. The van der Waals surface area contributed by atoms with E-state index in [1.165, 1.54) is 6.26 Å². The second kappa shape index (κ2) is 7.29. The van der Waals surface area contributed by atoms with Crippen molar-refractivity contribution < 1.29 is 13.2 Å². The molecule has 0 saturated carbocycles. The summed E-state index contributed by atoms with van der Waals surface area (Å²) < 4.78 is 27.2. The molecular formula is C12H15NO3S2. The molecule has 18 heavy (non-hydrogen) atoms. The van der Waals surface area contributed by atoms with Crippen LogP contribution < -0.4 is 4.74 Å². The molecule has 1 aromatic rings. The standard InChI is InChI=1S/C12H15NO3S2/c1-18(14,15)8-7-17-6-5-16-12-4-2-3-11(9-12)10-13/h2-4,9H,5-8H2,1H3. The molecule has 0 saturated heterocycles. The van der Waals surface area contributed by atoms with Gasteiger partial charge in [-0.2, -0.15) is 17.0 Å². The zero-order valence-corrected chi connectivity index (χ0v) is 11.8. The lowest BCUT2D eigenvalue weighted by Gasteiger charge is -2.05. The van der Waals surface area contributed by atoms with E-state index in [9.17, 15) is 8.42 Å². The minimum absolute atomic E-state index is 0.196. The summed E-state index contributed by atoms with van der Waals surface area (Å²) >= 11 is 1.54. The molecule has 0 heterocycles. The zero-order valence-electron chi connectivity index (χ0n) is 10.1. The average Bonchev–Trinajstić information content (AvgIpc) is 2.32. The second-order valence-electron chi connectivity index (χ2n) is 3.73. The van der Waals surface area contributed by atoms with E-state index >= 15 is 0 Å². The van der Waals surface area contributed by atoms with Gasteiger partial charge in [0.05, 0.1) is 24.0 Å². The average molecular weight is 285 g/mol. The molecule has 0 amide bonds. The highest BCUT2D eigenvalue weighted by atomic mass is 32.2. The van der Waals surface area contributed by atoms with Gasteiger partial charge in [-0.3, -0.25) is 0 Å². The molecule has 0 radical (unpaired) electrons. The Bertz CT molecular complexity index is 520. The first-order chi connectivity index (χ1) is 8.51. The molecule has 0 N–H and O–H groups in total. The number of nitriles is 1. The van der Waals surface area contributed by atoms with Crippen LogP contribution in [0.15, 0.2) is 24.3 Å². The third kappa shape index (κ3) is 6.52. The molecule has 1 rings (SSSR count). The summed E-state index contributed by atoms with van der Waals surface area (Å²) in [6.07, 6.45) is 1.23. The van der Waals surface area contributed by atoms with Crippen molar-refractivity contribution in [1.82, 2.24) is 0 Å². The molecular weight excluding hydrogens is 270 g/mol. The van der Waals surface area contributed by atoms with Crippen LogP contribution >= 0.6 is 11.8 Å². The van der Waals surface area contributed by atoms with Gasteiger partial charge in [-0.05, 0) is 18.2 Å². The first-order valence-electron chi connectivity index (χ1n) is 5.40. The maximum Gasteiger partial charge on any atom is 0.148 e. The number of ether oxygens (including phenoxy) is 1. The Morgan fingerprint density at radius 1 is 1.39 bits per heavy atom. The zero-order chi connectivity index (χ0) is 13.4. The first kappa shape index (κ1) is 14.9. The maximum atomic E-state index is 10.9. The monoisotopic (exact) mass is 285 g/mol. The number of hydrogen-bond donors (Lipinski definition) is 0. The molecule has 0 spiro atoms. The quantitative estimate of drug-likeness (QED) is 0.714. The number of benzene rings is 1. The number of sulfone groups is 1. The van der Waals surface area contributed by atoms with Crippen LogP contribution in [0.3, 0.4) is 0 Å². The molecule has 0 aliphatic heterocycles. The van der Waals surface area contributed by atoms with Crippen molar-refractivity contribution in [3.05, 3.63) is 29.8 Å². The van der Waals surface area contributed by atoms with E-state index in [0.29, 0.717) is 23.7 Å². The largest absolute Gasteiger partial charge is 0.493 e.